The zero-order valence-corrected chi connectivity index (χ0v) is 12.8. The van der Waals surface area contributed by atoms with Crippen LogP contribution in [0.15, 0.2) is 40.3 Å². The van der Waals surface area contributed by atoms with Crippen molar-refractivity contribution in [1.82, 2.24) is 20.1 Å². The molecule has 0 spiro atoms. The molecule has 0 fully saturated rings. The Hall–Kier alpha value is -1.53. The molecule has 0 aliphatic carbocycles. The molecule has 0 saturated carbocycles. The van der Waals surface area contributed by atoms with Crippen LogP contribution in [-0.4, -0.2) is 27.1 Å². The molecule has 2 aromatic rings. The summed E-state index contributed by atoms with van der Waals surface area (Å²) >= 11 is 1.62. The minimum absolute atomic E-state index is 0.178. The fraction of sp³-hybridized carbons (Fsp3) is 0.429. The Kier molecular flexibility index (Phi) is 5.03. The minimum atomic E-state index is -0.178. The van der Waals surface area contributed by atoms with E-state index in [9.17, 15) is 4.79 Å². The monoisotopic (exact) mass is 292 g/mol. The van der Waals surface area contributed by atoms with Gasteiger partial charge in [-0.15, -0.1) is 5.10 Å². The van der Waals surface area contributed by atoms with Gasteiger partial charge in [0.1, 0.15) is 0 Å². The number of benzene rings is 1. The van der Waals surface area contributed by atoms with Crippen LogP contribution in [0.4, 0.5) is 0 Å². The van der Waals surface area contributed by atoms with Crippen molar-refractivity contribution in [2.45, 2.75) is 29.8 Å². The molecule has 2 atom stereocenters. The highest BCUT2D eigenvalue weighted by molar-refractivity contribution is 7.99. The van der Waals surface area contributed by atoms with Gasteiger partial charge in [0, 0.05) is 18.3 Å². The van der Waals surface area contributed by atoms with Crippen LogP contribution < -0.4 is 11.0 Å². The average Bonchev–Trinajstić information content (AvgIpc) is 2.80. The second kappa shape index (κ2) is 6.76. The average molecular weight is 292 g/mol. The smallest absolute Gasteiger partial charge is 0.312 e. The number of aromatic nitrogens is 3. The first-order valence-corrected chi connectivity index (χ1v) is 7.55. The van der Waals surface area contributed by atoms with Gasteiger partial charge in [-0.1, -0.05) is 49.0 Å². The Bertz CT molecular complexity index is 593. The van der Waals surface area contributed by atoms with Gasteiger partial charge in [0.25, 0.3) is 0 Å². The highest BCUT2D eigenvalue weighted by Gasteiger charge is 2.23. The van der Waals surface area contributed by atoms with Gasteiger partial charge in [-0.2, -0.15) is 0 Å². The Balaban J connectivity index is 2.22. The summed E-state index contributed by atoms with van der Waals surface area (Å²) in [5, 5.41) is 10.9. The summed E-state index contributed by atoms with van der Waals surface area (Å²) in [7, 11) is 3.70. The highest BCUT2D eigenvalue weighted by Crippen LogP contribution is 2.32. The van der Waals surface area contributed by atoms with Gasteiger partial charge >= 0.3 is 5.69 Å². The first kappa shape index (κ1) is 14.9. The minimum Gasteiger partial charge on any atom is -0.312 e. The van der Waals surface area contributed by atoms with E-state index in [-0.39, 0.29) is 11.7 Å². The lowest BCUT2D eigenvalue weighted by atomic mass is 10.0. The van der Waals surface area contributed by atoms with Crippen molar-refractivity contribution in [1.29, 1.82) is 0 Å². The lowest BCUT2D eigenvalue weighted by Gasteiger charge is -2.25. The van der Waals surface area contributed by atoms with Gasteiger partial charge < -0.3 is 5.32 Å². The molecule has 1 aromatic carbocycles. The number of hydrogen-bond acceptors (Lipinski definition) is 4. The molecule has 20 heavy (non-hydrogen) atoms. The van der Waals surface area contributed by atoms with E-state index in [4.69, 9.17) is 0 Å². The molecule has 5 nitrogen and oxygen atoms in total. The highest BCUT2D eigenvalue weighted by atomic mass is 32.2. The number of rotatable bonds is 6. The maximum atomic E-state index is 11.4. The van der Waals surface area contributed by atoms with Crippen molar-refractivity contribution in [3.05, 3.63) is 46.4 Å². The topological polar surface area (TPSA) is 62.7 Å². The van der Waals surface area contributed by atoms with Gasteiger partial charge in [0.05, 0.1) is 0 Å². The quantitative estimate of drug-likeness (QED) is 0.799. The Labute approximate surface area is 122 Å². The number of aromatic amines is 1. The molecule has 6 heteroatoms. The van der Waals surface area contributed by atoms with Gasteiger partial charge in [0.2, 0.25) is 0 Å². The summed E-state index contributed by atoms with van der Waals surface area (Å²) in [6.45, 7) is 2.15. The summed E-state index contributed by atoms with van der Waals surface area (Å²) < 4.78 is 1.55. The lowest BCUT2D eigenvalue weighted by Crippen LogP contribution is -2.27. The molecule has 0 bridgehead atoms. The van der Waals surface area contributed by atoms with Crippen LogP contribution in [0.1, 0.15) is 24.9 Å². The maximum Gasteiger partial charge on any atom is 0.343 e. The van der Waals surface area contributed by atoms with Crippen LogP contribution in [-0.2, 0) is 7.05 Å². The third-order valence-electron chi connectivity index (χ3n) is 3.34. The molecule has 1 aromatic heterocycles. The second-order valence-corrected chi connectivity index (χ2v) is 5.82. The summed E-state index contributed by atoms with van der Waals surface area (Å²) in [5.41, 5.74) is 1.07. The molecule has 0 aliphatic heterocycles. The molecule has 2 N–H and O–H groups in total. The Morgan fingerprint density at radius 1 is 1.40 bits per heavy atom. The molecule has 0 radical (unpaired) electrons. The Morgan fingerprint density at radius 3 is 2.60 bits per heavy atom. The first-order valence-electron chi connectivity index (χ1n) is 6.67. The maximum absolute atomic E-state index is 11.4. The van der Waals surface area contributed by atoms with Crippen molar-refractivity contribution in [3.8, 4) is 0 Å². The van der Waals surface area contributed by atoms with E-state index in [0.717, 1.165) is 11.6 Å². The van der Waals surface area contributed by atoms with E-state index in [2.05, 4.69) is 34.6 Å². The van der Waals surface area contributed by atoms with Gasteiger partial charge in [-0.25, -0.2) is 9.89 Å². The van der Waals surface area contributed by atoms with E-state index >= 15 is 0 Å². The second-order valence-electron chi connectivity index (χ2n) is 4.61. The van der Waals surface area contributed by atoms with Crippen LogP contribution in [0.3, 0.4) is 0 Å². The van der Waals surface area contributed by atoms with E-state index in [1.807, 2.05) is 25.2 Å². The number of hydrogen-bond donors (Lipinski definition) is 2. The van der Waals surface area contributed by atoms with Gasteiger partial charge in [-0.05, 0) is 19.0 Å². The Morgan fingerprint density at radius 2 is 2.10 bits per heavy atom. The van der Waals surface area contributed by atoms with E-state index in [0.29, 0.717) is 5.25 Å². The molecule has 0 saturated heterocycles. The number of nitrogens with zero attached hydrogens (tertiary/aromatic N) is 2. The van der Waals surface area contributed by atoms with E-state index in [1.165, 1.54) is 5.56 Å². The standard InChI is InChI=1S/C14H20N4OS/c1-4-11(20-14-17-16-13(19)18(14)3)12(15-2)10-8-6-5-7-9-10/h5-9,11-12,15H,4H2,1-3H3,(H,16,19). The SMILES string of the molecule is CCC(Sc1n[nH]c(=O)n1C)C(NC)c1ccccc1. The largest absolute Gasteiger partial charge is 0.343 e. The molecule has 2 rings (SSSR count). The summed E-state index contributed by atoms with van der Waals surface area (Å²) in [5.74, 6) is 0. The normalized spacial score (nSPS) is 14.2. The van der Waals surface area contributed by atoms with Crippen LogP contribution in [0.25, 0.3) is 0 Å². The predicted molar refractivity (Wildman–Crippen MR) is 82.0 cm³/mol. The van der Waals surface area contributed by atoms with Crippen molar-refractivity contribution in [2.24, 2.45) is 7.05 Å². The summed E-state index contributed by atoms with van der Waals surface area (Å²) in [6.07, 6.45) is 0.978. The number of H-pyrrole nitrogens is 1. The molecule has 0 aliphatic rings. The fourth-order valence-electron chi connectivity index (χ4n) is 2.19. The van der Waals surface area contributed by atoms with Crippen LogP contribution in [0, 0.1) is 0 Å². The van der Waals surface area contributed by atoms with Crippen molar-refractivity contribution in [2.75, 3.05) is 7.05 Å². The zero-order chi connectivity index (χ0) is 14.5. The van der Waals surface area contributed by atoms with E-state index < -0.39 is 0 Å². The van der Waals surface area contributed by atoms with Crippen molar-refractivity contribution in [3.63, 3.8) is 0 Å². The molecule has 2 unspecified atom stereocenters. The van der Waals surface area contributed by atoms with Crippen LogP contribution >= 0.6 is 11.8 Å². The lowest BCUT2D eigenvalue weighted by molar-refractivity contribution is 0.553. The third kappa shape index (κ3) is 3.13. The molecule has 1 heterocycles. The summed E-state index contributed by atoms with van der Waals surface area (Å²) in [6, 6.07) is 10.6. The van der Waals surface area contributed by atoms with Gasteiger partial charge in [-0.3, -0.25) is 4.57 Å². The molecule has 0 amide bonds. The number of nitrogens with one attached hydrogen (secondary N) is 2. The third-order valence-corrected chi connectivity index (χ3v) is 4.82. The molecular weight excluding hydrogens is 272 g/mol. The number of thioether (sulfide) groups is 1. The summed E-state index contributed by atoms with van der Waals surface area (Å²) in [4.78, 5) is 11.4. The van der Waals surface area contributed by atoms with Crippen LogP contribution in [0.5, 0.6) is 0 Å². The van der Waals surface area contributed by atoms with Crippen LogP contribution in [0.2, 0.25) is 0 Å². The van der Waals surface area contributed by atoms with Crippen molar-refractivity contribution >= 4 is 11.8 Å². The fourth-order valence-corrected chi connectivity index (χ4v) is 3.39. The molecular formula is C14H20N4OS. The predicted octanol–water partition coefficient (Wildman–Crippen LogP) is 1.94. The van der Waals surface area contributed by atoms with E-state index in [1.54, 1.807) is 23.4 Å². The zero-order valence-electron chi connectivity index (χ0n) is 12.0. The molecule has 108 valence electrons. The van der Waals surface area contributed by atoms with Crippen molar-refractivity contribution < 1.29 is 0 Å². The first-order chi connectivity index (χ1) is 9.67. The van der Waals surface area contributed by atoms with Gasteiger partial charge in [0.15, 0.2) is 5.16 Å².